The van der Waals surface area contributed by atoms with Crippen LogP contribution in [0.15, 0.2) is 24.3 Å². The highest BCUT2D eigenvalue weighted by atomic mass is 16.2. The zero-order chi connectivity index (χ0) is 14.5. The summed E-state index contributed by atoms with van der Waals surface area (Å²) in [5.41, 5.74) is 5.01. The van der Waals surface area contributed by atoms with Gasteiger partial charge in [0.2, 0.25) is 0 Å². The molecule has 1 aromatic heterocycles. The van der Waals surface area contributed by atoms with Crippen LogP contribution in [0.25, 0.3) is 0 Å². The van der Waals surface area contributed by atoms with Crippen LogP contribution in [0.3, 0.4) is 0 Å². The van der Waals surface area contributed by atoms with Gasteiger partial charge in [0.1, 0.15) is 0 Å². The Hall–Kier alpha value is -2.50. The van der Waals surface area contributed by atoms with E-state index in [1.807, 2.05) is 38.1 Å². The number of nitrogens with zero attached hydrogens (tertiary/aromatic N) is 1. The smallest absolute Gasteiger partial charge is 0.318 e. The lowest BCUT2D eigenvalue weighted by Gasteiger charge is -2.08. The fourth-order valence-corrected chi connectivity index (χ4v) is 1.89. The van der Waals surface area contributed by atoms with Crippen LogP contribution in [0.4, 0.5) is 16.2 Å². The molecule has 20 heavy (non-hydrogen) atoms. The van der Waals surface area contributed by atoms with Crippen LogP contribution < -0.4 is 16.0 Å². The number of rotatable bonds is 4. The van der Waals surface area contributed by atoms with Crippen molar-refractivity contribution < 1.29 is 4.79 Å². The lowest BCUT2D eigenvalue weighted by atomic mass is 10.2. The zero-order valence-corrected chi connectivity index (χ0v) is 11.9. The number of aromatic amines is 1. The molecule has 0 fully saturated rings. The second kappa shape index (κ2) is 6.10. The third-order valence-corrected chi connectivity index (χ3v) is 3.12. The van der Waals surface area contributed by atoms with Crippen molar-refractivity contribution in [1.82, 2.24) is 15.5 Å². The number of hydrogen-bond acceptors (Lipinski definition) is 3. The van der Waals surface area contributed by atoms with E-state index in [4.69, 9.17) is 0 Å². The van der Waals surface area contributed by atoms with E-state index in [-0.39, 0.29) is 6.03 Å². The first-order valence-electron chi connectivity index (χ1n) is 6.43. The third kappa shape index (κ3) is 3.28. The minimum atomic E-state index is -0.227. The average molecular weight is 273 g/mol. The normalized spacial score (nSPS) is 10.2. The van der Waals surface area contributed by atoms with Crippen molar-refractivity contribution in [3.8, 4) is 0 Å². The van der Waals surface area contributed by atoms with Gasteiger partial charge in [-0.2, -0.15) is 5.10 Å². The van der Waals surface area contributed by atoms with Gasteiger partial charge in [-0.1, -0.05) is 0 Å². The van der Waals surface area contributed by atoms with Gasteiger partial charge in [0.15, 0.2) is 0 Å². The topological polar surface area (TPSA) is 81.8 Å². The summed E-state index contributed by atoms with van der Waals surface area (Å²) in [6.45, 7) is 4.71. The summed E-state index contributed by atoms with van der Waals surface area (Å²) in [5.74, 6) is 0. The van der Waals surface area contributed by atoms with Gasteiger partial charge in [0.25, 0.3) is 0 Å². The third-order valence-electron chi connectivity index (χ3n) is 3.12. The highest BCUT2D eigenvalue weighted by Gasteiger charge is 2.05. The van der Waals surface area contributed by atoms with Gasteiger partial charge in [-0.05, 0) is 38.1 Å². The Morgan fingerprint density at radius 3 is 2.40 bits per heavy atom. The van der Waals surface area contributed by atoms with E-state index in [1.54, 1.807) is 7.05 Å². The molecule has 0 atom stereocenters. The number of anilines is 2. The fraction of sp³-hybridized carbons (Fsp3) is 0.286. The quantitative estimate of drug-likeness (QED) is 0.690. The van der Waals surface area contributed by atoms with E-state index in [9.17, 15) is 4.79 Å². The van der Waals surface area contributed by atoms with Gasteiger partial charge in [-0.25, -0.2) is 4.79 Å². The molecule has 4 N–H and O–H groups in total. The van der Waals surface area contributed by atoms with Crippen molar-refractivity contribution in [3.63, 3.8) is 0 Å². The number of amides is 2. The predicted molar refractivity (Wildman–Crippen MR) is 79.9 cm³/mol. The molecular weight excluding hydrogens is 254 g/mol. The molecule has 2 aromatic rings. The van der Waals surface area contributed by atoms with Crippen molar-refractivity contribution in [2.24, 2.45) is 0 Å². The summed E-state index contributed by atoms with van der Waals surface area (Å²) in [6, 6.07) is 7.33. The number of benzene rings is 1. The van der Waals surface area contributed by atoms with E-state index < -0.39 is 0 Å². The van der Waals surface area contributed by atoms with E-state index in [0.29, 0.717) is 0 Å². The molecule has 0 spiro atoms. The standard InChI is InChI=1S/C14H19N5O/c1-9-13(10(2)19-18-9)8-16-11-4-6-12(7-5-11)17-14(20)15-3/h4-7,16H,8H2,1-3H3,(H,18,19)(H2,15,17,20). The summed E-state index contributed by atoms with van der Waals surface area (Å²) in [6.07, 6.45) is 0. The summed E-state index contributed by atoms with van der Waals surface area (Å²) < 4.78 is 0. The van der Waals surface area contributed by atoms with Crippen molar-refractivity contribution >= 4 is 17.4 Å². The summed E-state index contributed by atoms with van der Waals surface area (Å²) in [4.78, 5) is 11.2. The first-order valence-corrected chi connectivity index (χ1v) is 6.43. The van der Waals surface area contributed by atoms with Crippen molar-refractivity contribution in [2.45, 2.75) is 20.4 Å². The molecule has 2 amide bonds. The summed E-state index contributed by atoms with van der Waals surface area (Å²) >= 11 is 0. The van der Waals surface area contributed by atoms with Gasteiger partial charge >= 0.3 is 6.03 Å². The molecule has 0 aliphatic carbocycles. The Balaban J connectivity index is 1.96. The maximum absolute atomic E-state index is 11.2. The minimum Gasteiger partial charge on any atom is -0.381 e. The molecule has 0 saturated carbocycles. The molecule has 0 radical (unpaired) electrons. The van der Waals surface area contributed by atoms with Gasteiger partial charge in [-0.15, -0.1) is 0 Å². The molecule has 1 aromatic carbocycles. The molecule has 2 rings (SSSR count). The first-order chi connectivity index (χ1) is 9.60. The Bertz CT molecular complexity index is 569. The minimum absolute atomic E-state index is 0.227. The zero-order valence-electron chi connectivity index (χ0n) is 11.9. The number of carbonyl (C=O) groups is 1. The molecule has 0 saturated heterocycles. The Morgan fingerprint density at radius 2 is 1.85 bits per heavy atom. The van der Waals surface area contributed by atoms with E-state index >= 15 is 0 Å². The molecule has 1 heterocycles. The first kappa shape index (κ1) is 13.9. The lowest BCUT2D eigenvalue weighted by molar-refractivity contribution is 0.254. The number of aryl methyl sites for hydroxylation is 2. The van der Waals surface area contributed by atoms with Crippen molar-refractivity contribution in [3.05, 3.63) is 41.2 Å². The molecule has 6 heteroatoms. The highest BCUT2D eigenvalue weighted by Crippen LogP contribution is 2.16. The van der Waals surface area contributed by atoms with Crippen LogP contribution in [0.5, 0.6) is 0 Å². The number of aromatic nitrogens is 2. The van der Waals surface area contributed by atoms with Gasteiger partial charge in [-0.3, -0.25) is 5.10 Å². The van der Waals surface area contributed by atoms with Crippen LogP contribution in [0.2, 0.25) is 0 Å². The summed E-state index contributed by atoms with van der Waals surface area (Å²) in [5, 5.41) is 15.7. The maximum atomic E-state index is 11.2. The van der Waals surface area contributed by atoms with E-state index in [0.717, 1.165) is 29.3 Å². The Kier molecular flexibility index (Phi) is 4.24. The Labute approximate surface area is 118 Å². The molecule has 106 valence electrons. The summed E-state index contributed by atoms with van der Waals surface area (Å²) in [7, 11) is 1.58. The number of nitrogens with one attached hydrogen (secondary N) is 4. The highest BCUT2D eigenvalue weighted by molar-refractivity contribution is 5.89. The van der Waals surface area contributed by atoms with E-state index in [2.05, 4.69) is 26.1 Å². The molecular formula is C14H19N5O. The molecule has 6 nitrogen and oxygen atoms in total. The number of carbonyl (C=O) groups excluding carboxylic acids is 1. The predicted octanol–water partition coefficient (Wildman–Crippen LogP) is 2.39. The second-order valence-corrected chi connectivity index (χ2v) is 4.55. The SMILES string of the molecule is CNC(=O)Nc1ccc(NCc2c(C)n[nH]c2C)cc1. The Morgan fingerprint density at radius 1 is 1.20 bits per heavy atom. The van der Waals surface area contributed by atoms with Gasteiger partial charge in [0, 0.05) is 36.2 Å². The van der Waals surface area contributed by atoms with Crippen LogP contribution in [0, 0.1) is 13.8 Å². The largest absolute Gasteiger partial charge is 0.381 e. The molecule has 0 bridgehead atoms. The number of H-pyrrole nitrogens is 1. The van der Waals surface area contributed by atoms with Gasteiger partial charge in [0.05, 0.1) is 5.69 Å². The number of hydrogen-bond donors (Lipinski definition) is 4. The van der Waals surface area contributed by atoms with Crippen molar-refractivity contribution in [1.29, 1.82) is 0 Å². The lowest BCUT2D eigenvalue weighted by Crippen LogP contribution is -2.24. The van der Waals surface area contributed by atoms with Crippen LogP contribution in [-0.2, 0) is 6.54 Å². The molecule has 0 unspecified atom stereocenters. The van der Waals surface area contributed by atoms with Gasteiger partial charge < -0.3 is 16.0 Å². The fourth-order valence-electron chi connectivity index (χ4n) is 1.89. The number of urea groups is 1. The second-order valence-electron chi connectivity index (χ2n) is 4.55. The van der Waals surface area contributed by atoms with E-state index in [1.165, 1.54) is 5.56 Å². The van der Waals surface area contributed by atoms with Crippen LogP contribution >= 0.6 is 0 Å². The van der Waals surface area contributed by atoms with Crippen LogP contribution in [0.1, 0.15) is 17.0 Å². The maximum Gasteiger partial charge on any atom is 0.318 e. The monoisotopic (exact) mass is 273 g/mol. The molecule has 0 aliphatic rings. The average Bonchev–Trinajstić information content (AvgIpc) is 2.77. The van der Waals surface area contributed by atoms with Crippen LogP contribution in [-0.4, -0.2) is 23.3 Å². The van der Waals surface area contributed by atoms with Crippen molar-refractivity contribution in [2.75, 3.05) is 17.7 Å². The molecule has 0 aliphatic heterocycles.